The Balaban J connectivity index is 1.37. The minimum Gasteiger partial charge on any atom is -0.350 e. The van der Waals surface area contributed by atoms with Crippen molar-refractivity contribution in [3.63, 3.8) is 0 Å². The second-order valence-corrected chi connectivity index (χ2v) is 7.59. The third-order valence-corrected chi connectivity index (χ3v) is 5.36. The zero-order chi connectivity index (χ0) is 20.4. The zero-order valence-corrected chi connectivity index (χ0v) is 16.4. The molecule has 0 bridgehead atoms. The van der Waals surface area contributed by atoms with Crippen LogP contribution in [0.1, 0.15) is 30.7 Å². The summed E-state index contributed by atoms with van der Waals surface area (Å²) in [5.74, 6) is -0.394. The summed E-state index contributed by atoms with van der Waals surface area (Å²) in [6.45, 7) is 4.42. The molecule has 29 heavy (non-hydrogen) atoms. The highest BCUT2D eigenvalue weighted by molar-refractivity contribution is 6.00. The van der Waals surface area contributed by atoms with Crippen molar-refractivity contribution in [1.82, 2.24) is 15.3 Å². The number of carbonyl (C=O) groups is 2. The Kier molecular flexibility index (Phi) is 5.42. The van der Waals surface area contributed by atoms with Crippen LogP contribution < -0.4 is 15.1 Å². The molecule has 8 heteroatoms. The van der Waals surface area contributed by atoms with Crippen molar-refractivity contribution < 1.29 is 14.0 Å². The molecule has 2 fully saturated rings. The fraction of sp³-hybridized carbons (Fsp3) is 0.429. The number of nitrogens with zero attached hydrogens (tertiary/aromatic N) is 4. The molecule has 3 heterocycles. The van der Waals surface area contributed by atoms with Crippen molar-refractivity contribution in [1.29, 1.82) is 0 Å². The van der Waals surface area contributed by atoms with E-state index in [0.717, 1.165) is 37.3 Å². The molecule has 1 aromatic carbocycles. The number of carbonyl (C=O) groups excluding carboxylic acids is 2. The van der Waals surface area contributed by atoms with Gasteiger partial charge in [-0.1, -0.05) is 0 Å². The topological polar surface area (TPSA) is 78.4 Å². The zero-order valence-electron chi connectivity index (χ0n) is 16.4. The number of aryl methyl sites for hydroxylation is 1. The molecule has 1 N–H and O–H groups in total. The third kappa shape index (κ3) is 4.36. The molecule has 152 valence electrons. The predicted molar refractivity (Wildman–Crippen MR) is 107 cm³/mol. The maximum Gasteiger partial charge on any atom is 0.227 e. The molecule has 0 aliphatic carbocycles. The minimum atomic E-state index is -0.437. The molecule has 2 aromatic rings. The van der Waals surface area contributed by atoms with Crippen LogP contribution in [0.4, 0.5) is 16.0 Å². The van der Waals surface area contributed by atoms with Gasteiger partial charge in [0.05, 0.1) is 18.2 Å². The van der Waals surface area contributed by atoms with Crippen LogP contribution in [-0.2, 0) is 16.1 Å². The average Bonchev–Trinajstić information content (AvgIpc) is 3.36. The van der Waals surface area contributed by atoms with Crippen LogP contribution in [0.25, 0.3) is 0 Å². The molecule has 0 saturated carbocycles. The first-order chi connectivity index (χ1) is 14.0. The van der Waals surface area contributed by atoms with Crippen molar-refractivity contribution in [2.45, 2.75) is 32.7 Å². The molecule has 1 aromatic heterocycles. The van der Waals surface area contributed by atoms with Gasteiger partial charge < -0.3 is 15.1 Å². The van der Waals surface area contributed by atoms with Gasteiger partial charge in [0, 0.05) is 37.4 Å². The molecule has 2 aliphatic rings. The summed E-state index contributed by atoms with van der Waals surface area (Å²) in [5.41, 5.74) is 2.23. The molecule has 0 radical (unpaired) electrons. The fourth-order valence-electron chi connectivity index (χ4n) is 3.84. The first-order valence-corrected chi connectivity index (χ1v) is 9.93. The van der Waals surface area contributed by atoms with Gasteiger partial charge in [-0.2, -0.15) is 0 Å². The largest absolute Gasteiger partial charge is 0.350 e. The fourth-order valence-corrected chi connectivity index (χ4v) is 3.84. The van der Waals surface area contributed by atoms with Crippen molar-refractivity contribution in [2.75, 3.05) is 29.4 Å². The molecule has 7 nitrogen and oxygen atoms in total. The molecule has 4 rings (SSSR count). The van der Waals surface area contributed by atoms with E-state index in [4.69, 9.17) is 0 Å². The Morgan fingerprint density at radius 3 is 2.66 bits per heavy atom. The van der Waals surface area contributed by atoms with E-state index in [1.54, 1.807) is 12.1 Å². The smallest absolute Gasteiger partial charge is 0.227 e. The number of rotatable bonds is 5. The van der Waals surface area contributed by atoms with E-state index in [2.05, 4.69) is 20.2 Å². The van der Waals surface area contributed by atoms with Crippen LogP contribution in [-0.4, -0.2) is 41.4 Å². The van der Waals surface area contributed by atoms with Crippen molar-refractivity contribution in [2.24, 2.45) is 5.92 Å². The van der Waals surface area contributed by atoms with E-state index in [1.165, 1.54) is 17.0 Å². The van der Waals surface area contributed by atoms with Gasteiger partial charge >= 0.3 is 0 Å². The van der Waals surface area contributed by atoms with Gasteiger partial charge in [-0.3, -0.25) is 9.59 Å². The van der Waals surface area contributed by atoms with E-state index < -0.39 is 5.92 Å². The maximum atomic E-state index is 13.1. The number of anilines is 2. The molecule has 2 saturated heterocycles. The number of hydrogen-bond donors (Lipinski definition) is 1. The lowest BCUT2D eigenvalue weighted by atomic mass is 10.1. The highest BCUT2D eigenvalue weighted by Crippen LogP contribution is 2.25. The van der Waals surface area contributed by atoms with Crippen molar-refractivity contribution in [3.05, 3.63) is 47.5 Å². The molecular weight excluding hydrogens is 373 g/mol. The molecular formula is C21H24FN5O2. The van der Waals surface area contributed by atoms with Gasteiger partial charge in [0.15, 0.2) is 0 Å². The summed E-state index contributed by atoms with van der Waals surface area (Å²) in [5, 5.41) is 2.90. The number of hydrogen-bond acceptors (Lipinski definition) is 5. The lowest BCUT2D eigenvalue weighted by molar-refractivity contribution is -0.126. The lowest BCUT2D eigenvalue weighted by Crippen LogP contribution is -2.33. The van der Waals surface area contributed by atoms with Crippen LogP contribution >= 0.6 is 0 Å². The normalized spacial score (nSPS) is 19.1. The summed E-state index contributed by atoms with van der Waals surface area (Å²) in [6.07, 6.45) is 2.43. The van der Waals surface area contributed by atoms with Gasteiger partial charge in [0.25, 0.3) is 0 Å². The summed E-state index contributed by atoms with van der Waals surface area (Å²) < 4.78 is 13.1. The van der Waals surface area contributed by atoms with Gasteiger partial charge in [-0.25, -0.2) is 14.4 Å². The van der Waals surface area contributed by atoms with Gasteiger partial charge in [0.2, 0.25) is 17.8 Å². The Hall–Kier alpha value is -3.03. The van der Waals surface area contributed by atoms with E-state index in [-0.39, 0.29) is 30.6 Å². The number of halogens is 1. The summed E-state index contributed by atoms with van der Waals surface area (Å²) >= 11 is 0. The highest BCUT2D eigenvalue weighted by atomic mass is 19.1. The predicted octanol–water partition coefficient (Wildman–Crippen LogP) is 2.19. The number of nitrogens with one attached hydrogen (secondary N) is 1. The van der Waals surface area contributed by atoms with Crippen LogP contribution in [0.2, 0.25) is 0 Å². The first-order valence-electron chi connectivity index (χ1n) is 9.93. The van der Waals surface area contributed by atoms with Crippen LogP contribution in [0, 0.1) is 18.7 Å². The second kappa shape index (κ2) is 8.14. The molecule has 2 aliphatic heterocycles. The quantitative estimate of drug-likeness (QED) is 0.837. The molecule has 2 amide bonds. The Bertz CT molecular complexity index is 912. The second-order valence-electron chi connectivity index (χ2n) is 7.59. The van der Waals surface area contributed by atoms with E-state index in [9.17, 15) is 14.0 Å². The van der Waals surface area contributed by atoms with Gasteiger partial charge in [0.1, 0.15) is 5.82 Å². The standard InChI is InChI=1S/C21H24FN5O2/c1-14-10-17(25-21(24-14)26-8-2-3-9-26)12-23-20(29)15-11-19(28)27(13-15)18-6-4-16(22)5-7-18/h4-7,10,15H,2-3,8-9,11-13H2,1H3,(H,23,29). The highest BCUT2D eigenvalue weighted by Gasteiger charge is 2.35. The molecule has 1 atom stereocenters. The number of benzene rings is 1. The van der Waals surface area contributed by atoms with E-state index >= 15 is 0 Å². The molecule has 0 spiro atoms. The van der Waals surface area contributed by atoms with Crippen molar-refractivity contribution in [3.8, 4) is 0 Å². The summed E-state index contributed by atoms with van der Waals surface area (Å²) in [6, 6.07) is 7.59. The van der Waals surface area contributed by atoms with Crippen molar-refractivity contribution >= 4 is 23.5 Å². The van der Waals surface area contributed by atoms with Crippen LogP contribution in [0.3, 0.4) is 0 Å². The summed E-state index contributed by atoms with van der Waals surface area (Å²) in [7, 11) is 0. The Labute approximate surface area is 168 Å². The number of aromatic nitrogens is 2. The summed E-state index contributed by atoms with van der Waals surface area (Å²) in [4.78, 5) is 37.7. The third-order valence-electron chi connectivity index (χ3n) is 5.36. The lowest BCUT2D eigenvalue weighted by Gasteiger charge is -2.17. The van der Waals surface area contributed by atoms with Crippen LogP contribution in [0.15, 0.2) is 30.3 Å². The minimum absolute atomic E-state index is 0.133. The SMILES string of the molecule is Cc1cc(CNC(=O)C2CC(=O)N(c3ccc(F)cc3)C2)nc(N2CCCC2)n1. The van der Waals surface area contributed by atoms with Gasteiger partial charge in [-0.05, 0) is 50.1 Å². The Morgan fingerprint density at radius 2 is 1.93 bits per heavy atom. The molecule has 1 unspecified atom stereocenters. The Morgan fingerprint density at radius 1 is 1.21 bits per heavy atom. The van der Waals surface area contributed by atoms with Gasteiger partial charge in [-0.15, -0.1) is 0 Å². The first kappa shape index (κ1) is 19.3. The monoisotopic (exact) mass is 397 g/mol. The van der Waals surface area contributed by atoms with E-state index in [0.29, 0.717) is 18.2 Å². The average molecular weight is 397 g/mol. The van der Waals surface area contributed by atoms with E-state index in [1.807, 2.05) is 13.0 Å². The van der Waals surface area contributed by atoms with Crippen LogP contribution in [0.5, 0.6) is 0 Å². The number of amides is 2. The maximum absolute atomic E-state index is 13.1.